The van der Waals surface area contributed by atoms with E-state index in [4.69, 9.17) is 21.1 Å². The van der Waals surface area contributed by atoms with Crippen LogP contribution in [0.25, 0.3) is 33.5 Å². The minimum absolute atomic E-state index is 0.216. The average molecular weight is 427 g/mol. The van der Waals surface area contributed by atoms with Gasteiger partial charge in [-0.1, -0.05) is 42.5 Å². The molecule has 0 aliphatic carbocycles. The second-order valence-electron chi connectivity index (χ2n) is 6.97. The summed E-state index contributed by atoms with van der Waals surface area (Å²) in [7, 11) is 0. The second kappa shape index (κ2) is 8.04. The predicted molar refractivity (Wildman–Crippen MR) is 123 cm³/mol. The molecule has 0 saturated carbocycles. The van der Waals surface area contributed by atoms with E-state index in [1.807, 2.05) is 72.8 Å². The standard InChI is InChI=1S/C24H17N3O3S/c28-22(21-13-17-5-1-3-7-19(17)29-21)27-24(31)25-14-15-9-11-16(12-10-15)23-26-18-6-2-4-8-20(18)30-23/h1-13H,14H2,(H2,25,27,28,31). The lowest BCUT2D eigenvalue weighted by atomic mass is 10.1. The molecule has 0 aliphatic rings. The van der Waals surface area contributed by atoms with Crippen LogP contribution in [0, 0.1) is 0 Å². The number of benzene rings is 3. The molecule has 0 spiro atoms. The minimum Gasteiger partial charge on any atom is -0.451 e. The number of carbonyl (C=O) groups is 1. The third-order valence-electron chi connectivity index (χ3n) is 4.82. The Labute approximate surface area is 182 Å². The van der Waals surface area contributed by atoms with Crippen LogP contribution in [0.1, 0.15) is 16.1 Å². The van der Waals surface area contributed by atoms with Crippen LogP contribution in [0.3, 0.4) is 0 Å². The van der Waals surface area contributed by atoms with Crippen LogP contribution in [-0.4, -0.2) is 16.0 Å². The molecule has 7 heteroatoms. The molecule has 0 bridgehead atoms. The number of para-hydroxylation sites is 3. The summed E-state index contributed by atoms with van der Waals surface area (Å²) in [5.74, 6) is 0.405. The maximum absolute atomic E-state index is 12.4. The molecule has 2 heterocycles. The summed E-state index contributed by atoms with van der Waals surface area (Å²) in [6.45, 7) is 0.465. The van der Waals surface area contributed by atoms with E-state index in [0.29, 0.717) is 18.0 Å². The quantitative estimate of drug-likeness (QED) is 0.391. The highest BCUT2D eigenvalue weighted by molar-refractivity contribution is 7.80. The zero-order valence-electron chi connectivity index (χ0n) is 16.3. The molecule has 5 aromatic rings. The molecule has 0 fully saturated rings. The van der Waals surface area contributed by atoms with E-state index in [9.17, 15) is 4.79 Å². The molecular weight excluding hydrogens is 410 g/mol. The highest BCUT2D eigenvalue weighted by atomic mass is 32.1. The number of furan rings is 1. The maximum atomic E-state index is 12.4. The fourth-order valence-electron chi connectivity index (χ4n) is 3.25. The van der Waals surface area contributed by atoms with Crippen molar-refractivity contribution in [1.82, 2.24) is 15.6 Å². The first-order valence-corrected chi connectivity index (χ1v) is 10.1. The number of oxazole rings is 1. The lowest BCUT2D eigenvalue weighted by Gasteiger charge is -2.09. The Hall–Kier alpha value is -3.97. The van der Waals surface area contributed by atoms with E-state index in [0.717, 1.165) is 27.6 Å². The summed E-state index contributed by atoms with van der Waals surface area (Å²) >= 11 is 5.24. The highest BCUT2D eigenvalue weighted by Gasteiger charge is 2.13. The monoisotopic (exact) mass is 427 g/mol. The minimum atomic E-state index is -0.389. The van der Waals surface area contributed by atoms with Gasteiger partial charge in [0.2, 0.25) is 5.89 Å². The summed E-state index contributed by atoms with van der Waals surface area (Å²) in [4.78, 5) is 16.9. The number of thiocarbonyl (C=S) groups is 1. The summed E-state index contributed by atoms with van der Waals surface area (Å²) < 4.78 is 11.4. The zero-order valence-corrected chi connectivity index (χ0v) is 17.1. The molecule has 6 nitrogen and oxygen atoms in total. The fraction of sp³-hybridized carbons (Fsp3) is 0.0417. The molecule has 1 amide bonds. The van der Waals surface area contributed by atoms with Crippen LogP contribution in [0.5, 0.6) is 0 Å². The first-order chi connectivity index (χ1) is 15.2. The maximum Gasteiger partial charge on any atom is 0.293 e. The molecule has 5 rings (SSSR count). The van der Waals surface area contributed by atoms with Crippen LogP contribution in [-0.2, 0) is 6.54 Å². The van der Waals surface area contributed by atoms with Gasteiger partial charge in [0.1, 0.15) is 11.1 Å². The summed E-state index contributed by atoms with van der Waals surface area (Å²) in [6.07, 6.45) is 0. The number of aromatic nitrogens is 1. The number of hydrogen-bond donors (Lipinski definition) is 2. The van der Waals surface area contributed by atoms with E-state index in [-0.39, 0.29) is 16.8 Å². The number of amides is 1. The largest absolute Gasteiger partial charge is 0.451 e. The Balaban J connectivity index is 1.19. The first-order valence-electron chi connectivity index (χ1n) is 9.68. The third kappa shape index (κ3) is 4.04. The van der Waals surface area contributed by atoms with Crippen LogP contribution >= 0.6 is 12.2 Å². The number of fused-ring (bicyclic) bond motifs is 2. The van der Waals surface area contributed by atoms with E-state index in [1.54, 1.807) is 6.07 Å². The van der Waals surface area contributed by atoms with Crippen molar-refractivity contribution in [3.8, 4) is 11.5 Å². The summed E-state index contributed by atoms with van der Waals surface area (Å²) in [6, 6.07) is 24.6. The third-order valence-corrected chi connectivity index (χ3v) is 5.07. The van der Waals surface area contributed by atoms with Gasteiger partial charge in [-0.05, 0) is 54.2 Å². The lowest BCUT2D eigenvalue weighted by molar-refractivity contribution is 0.0951. The molecule has 0 atom stereocenters. The van der Waals surface area contributed by atoms with Crippen molar-refractivity contribution in [3.63, 3.8) is 0 Å². The van der Waals surface area contributed by atoms with Gasteiger partial charge in [0, 0.05) is 17.5 Å². The molecule has 3 aromatic carbocycles. The van der Waals surface area contributed by atoms with Crippen molar-refractivity contribution in [1.29, 1.82) is 0 Å². The Morgan fingerprint density at radius 1 is 0.903 bits per heavy atom. The zero-order chi connectivity index (χ0) is 21.2. The van der Waals surface area contributed by atoms with Gasteiger partial charge in [0.25, 0.3) is 5.91 Å². The molecule has 0 unspecified atom stereocenters. The molecule has 31 heavy (non-hydrogen) atoms. The van der Waals surface area contributed by atoms with Gasteiger partial charge in [-0.15, -0.1) is 0 Å². The van der Waals surface area contributed by atoms with E-state index in [1.165, 1.54) is 0 Å². The van der Waals surface area contributed by atoms with Crippen molar-refractivity contribution in [3.05, 3.63) is 90.2 Å². The highest BCUT2D eigenvalue weighted by Crippen LogP contribution is 2.24. The van der Waals surface area contributed by atoms with Gasteiger partial charge in [0.05, 0.1) is 0 Å². The smallest absolute Gasteiger partial charge is 0.293 e. The Kier molecular flexibility index (Phi) is 4.93. The van der Waals surface area contributed by atoms with E-state index < -0.39 is 0 Å². The van der Waals surface area contributed by atoms with Gasteiger partial charge in [-0.3, -0.25) is 10.1 Å². The number of carbonyl (C=O) groups excluding carboxylic acids is 1. The Morgan fingerprint density at radius 2 is 1.65 bits per heavy atom. The van der Waals surface area contributed by atoms with Crippen LogP contribution in [0.2, 0.25) is 0 Å². The number of nitrogens with one attached hydrogen (secondary N) is 2. The fourth-order valence-corrected chi connectivity index (χ4v) is 3.41. The first kappa shape index (κ1) is 19.0. The van der Waals surface area contributed by atoms with E-state index >= 15 is 0 Å². The van der Waals surface area contributed by atoms with Crippen LogP contribution < -0.4 is 10.6 Å². The van der Waals surface area contributed by atoms with Crippen molar-refractivity contribution in [2.45, 2.75) is 6.54 Å². The molecule has 2 aromatic heterocycles. The van der Waals surface area contributed by atoms with Gasteiger partial charge in [-0.25, -0.2) is 4.98 Å². The Morgan fingerprint density at radius 3 is 2.42 bits per heavy atom. The second-order valence-corrected chi connectivity index (χ2v) is 7.38. The molecule has 0 saturated heterocycles. The Bertz CT molecular complexity index is 1340. The normalized spacial score (nSPS) is 11.0. The molecule has 152 valence electrons. The molecule has 2 N–H and O–H groups in total. The van der Waals surface area contributed by atoms with Crippen molar-refractivity contribution < 1.29 is 13.6 Å². The summed E-state index contributed by atoms with van der Waals surface area (Å²) in [5, 5.41) is 6.77. The number of rotatable bonds is 4. The van der Waals surface area contributed by atoms with Crippen LogP contribution in [0.15, 0.2) is 87.7 Å². The molecule has 0 aliphatic heterocycles. The number of hydrogen-bond acceptors (Lipinski definition) is 5. The average Bonchev–Trinajstić information content (AvgIpc) is 3.42. The topological polar surface area (TPSA) is 80.3 Å². The lowest BCUT2D eigenvalue weighted by Crippen LogP contribution is -2.38. The molecule has 0 radical (unpaired) electrons. The van der Waals surface area contributed by atoms with Crippen LogP contribution in [0.4, 0.5) is 0 Å². The summed E-state index contributed by atoms with van der Waals surface area (Å²) in [5.41, 5.74) is 4.13. The van der Waals surface area contributed by atoms with Gasteiger partial charge < -0.3 is 14.2 Å². The van der Waals surface area contributed by atoms with E-state index in [2.05, 4.69) is 15.6 Å². The van der Waals surface area contributed by atoms with Crippen molar-refractivity contribution in [2.24, 2.45) is 0 Å². The van der Waals surface area contributed by atoms with Gasteiger partial charge >= 0.3 is 0 Å². The van der Waals surface area contributed by atoms with Crippen molar-refractivity contribution in [2.75, 3.05) is 0 Å². The predicted octanol–water partition coefficient (Wildman–Crippen LogP) is 5.05. The SMILES string of the molecule is O=C(NC(=S)NCc1ccc(-c2nc3ccccc3o2)cc1)c1cc2ccccc2o1. The molecular formula is C24H17N3O3S. The van der Waals surface area contributed by atoms with Gasteiger partial charge in [-0.2, -0.15) is 0 Å². The van der Waals surface area contributed by atoms with Crippen molar-refractivity contribution >= 4 is 45.3 Å². The van der Waals surface area contributed by atoms with Gasteiger partial charge in [0.15, 0.2) is 16.5 Å². The number of nitrogens with zero attached hydrogens (tertiary/aromatic N) is 1.